The molecule has 0 heterocycles. The molecule has 3 N–H and O–H groups in total. The van der Waals surface area contributed by atoms with E-state index in [0.717, 1.165) is 17.9 Å². The first-order valence-electron chi connectivity index (χ1n) is 7.49. The van der Waals surface area contributed by atoms with Crippen LogP contribution in [0.4, 0.5) is 5.69 Å². The maximum Gasteiger partial charge on any atom is 0.193 e. The van der Waals surface area contributed by atoms with Crippen molar-refractivity contribution in [3.05, 3.63) is 60.2 Å². The van der Waals surface area contributed by atoms with E-state index >= 15 is 0 Å². The highest BCUT2D eigenvalue weighted by atomic mass is 16.5. The van der Waals surface area contributed by atoms with Gasteiger partial charge in [0.2, 0.25) is 0 Å². The summed E-state index contributed by atoms with van der Waals surface area (Å²) in [4.78, 5) is 4.47. The maximum absolute atomic E-state index is 5.99. The zero-order chi connectivity index (χ0) is 15.8. The van der Waals surface area contributed by atoms with E-state index in [1.807, 2.05) is 30.3 Å². The molecule has 0 aliphatic carbocycles. The first-order chi connectivity index (χ1) is 10.7. The zero-order valence-electron chi connectivity index (χ0n) is 13.1. The summed E-state index contributed by atoms with van der Waals surface area (Å²) >= 11 is 0. The molecule has 0 saturated heterocycles. The highest BCUT2D eigenvalue weighted by Crippen LogP contribution is 2.23. The largest absolute Gasteiger partial charge is 0.495 e. The summed E-state index contributed by atoms with van der Waals surface area (Å²) in [6.07, 6.45) is 1.02. The molecule has 0 radical (unpaired) electrons. The Kier molecular flexibility index (Phi) is 5.83. The van der Waals surface area contributed by atoms with Gasteiger partial charge in [0.1, 0.15) is 5.75 Å². The minimum absolute atomic E-state index is 0.374. The van der Waals surface area contributed by atoms with Gasteiger partial charge in [-0.1, -0.05) is 49.4 Å². The highest BCUT2D eigenvalue weighted by Gasteiger charge is 2.08. The van der Waals surface area contributed by atoms with Gasteiger partial charge in [0.25, 0.3) is 0 Å². The van der Waals surface area contributed by atoms with Gasteiger partial charge < -0.3 is 15.8 Å². The van der Waals surface area contributed by atoms with Crippen molar-refractivity contribution in [2.24, 2.45) is 10.7 Å². The van der Waals surface area contributed by atoms with E-state index in [4.69, 9.17) is 10.5 Å². The maximum atomic E-state index is 5.99. The molecule has 2 aromatic rings. The van der Waals surface area contributed by atoms with E-state index in [9.17, 15) is 0 Å². The second kappa shape index (κ2) is 8.08. The Labute approximate surface area is 132 Å². The fourth-order valence-electron chi connectivity index (χ4n) is 2.33. The predicted molar refractivity (Wildman–Crippen MR) is 92.6 cm³/mol. The van der Waals surface area contributed by atoms with Crippen LogP contribution in [0.5, 0.6) is 5.75 Å². The highest BCUT2D eigenvalue weighted by molar-refractivity contribution is 5.93. The van der Waals surface area contributed by atoms with E-state index in [0.29, 0.717) is 18.4 Å². The summed E-state index contributed by atoms with van der Waals surface area (Å²) in [5, 5.41) is 3.10. The number of para-hydroxylation sites is 2. The van der Waals surface area contributed by atoms with Crippen LogP contribution in [0.2, 0.25) is 0 Å². The molecule has 116 valence electrons. The number of methoxy groups -OCH3 is 1. The average Bonchev–Trinajstić information content (AvgIpc) is 2.57. The number of hydrogen-bond acceptors (Lipinski definition) is 2. The lowest BCUT2D eigenvalue weighted by molar-refractivity contribution is 0.417. The van der Waals surface area contributed by atoms with Crippen molar-refractivity contribution in [1.29, 1.82) is 0 Å². The summed E-state index contributed by atoms with van der Waals surface area (Å²) < 4.78 is 5.29. The van der Waals surface area contributed by atoms with Crippen LogP contribution in [0.3, 0.4) is 0 Å². The summed E-state index contributed by atoms with van der Waals surface area (Å²) in [5.74, 6) is 1.52. The molecule has 1 atom stereocenters. The lowest BCUT2D eigenvalue weighted by atomic mass is 9.97. The number of aliphatic imine (C=N–C) groups is 1. The van der Waals surface area contributed by atoms with Gasteiger partial charge in [-0.3, -0.25) is 4.99 Å². The number of nitrogens with one attached hydrogen (secondary N) is 1. The monoisotopic (exact) mass is 297 g/mol. The minimum atomic E-state index is 0.374. The molecule has 1 unspecified atom stereocenters. The third-order valence-corrected chi connectivity index (χ3v) is 3.62. The molecule has 0 aliphatic heterocycles. The molecular formula is C18H23N3O. The van der Waals surface area contributed by atoms with Crippen LogP contribution in [-0.2, 0) is 0 Å². The van der Waals surface area contributed by atoms with Crippen molar-refractivity contribution in [3.63, 3.8) is 0 Å². The van der Waals surface area contributed by atoms with Crippen molar-refractivity contribution in [3.8, 4) is 5.75 Å². The van der Waals surface area contributed by atoms with Gasteiger partial charge in [0.05, 0.1) is 12.8 Å². The molecule has 0 fully saturated rings. The Balaban J connectivity index is 2.02. The molecule has 0 aromatic heterocycles. The molecule has 22 heavy (non-hydrogen) atoms. The van der Waals surface area contributed by atoms with E-state index in [2.05, 4.69) is 41.5 Å². The van der Waals surface area contributed by atoms with Gasteiger partial charge in [-0.05, 0) is 24.1 Å². The Morgan fingerprint density at radius 3 is 2.50 bits per heavy atom. The number of ether oxygens (including phenoxy) is 1. The second-order valence-electron chi connectivity index (χ2n) is 5.07. The van der Waals surface area contributed by atoms with E-state index in [-0.39, 0.29) is 0 Å². The summed E-state index contributed by atoms with van der Waals surface area (Å²) in [6.45, 7) is 2.82. The third kappa shape index (κ3) is 4.25. The first kappa shape index (κ1) is 15.9. The molecule has 0 aliphatic rings. The van der Waals surface area contributed by atoms with Crippen molar-refractivity contribution in [2.45, 2.75) is 19.3 Å². The molecule has 0 bridgehead atoms. The summed E-state index contributed by atoms with van der Waals surface area (Å²) in [5.41, 5.74) is 8.10. The number of benzene rings is 2. The van der Waals surface area contributed by atoms with Crippen LogP contribution < -0.4 is 15.8 Å². The average molecular weight is 297 g/mol. The van der Waals surface area contributed by atoms with Crippen LogP contribution in [0.1, 0.15) is 24.8 Å². The Bertz CT molecular complexity index is 611. The van der Waals surface area contributed by atoms with Crippen LogP contribution in [0, 0.1) is 0 Å². The van der Waals surface area contributed by atoms with Gasteiger partial charge in [-0.2, -0.15) is 0 Å². The van der Waals surface area contributed by atoms with E-state index < -0.39 is 0 Å². The van der Waals surface area contributed by atoms with Crippen LogP contribution in [0.15, 0.2) is 59.6 Å². The Hall–Kier alpha value is -2.49. The second-order valence-corrected chi connectivity index (χ2v) is 5.07. The van der Waals surface area contributed by atoms with Crippen LogP contribution in [-0.4, -0.2) is 19.6 Å². The standard InChI is InChI=1S/C18H23N3O/c1-3-14(15-9-5-4-6-10-15)13-20-18(19)21-16-11-7-8-12-17(16)22-2/h4-12,14H,3,13H2,1-2H3,(H3,19,20,21). The lowest BCUT2D eigenvalue weighted by Gasteiger charge is -2.14. The molecule has 2 rings (SSSR count). The fourth-order valence-corrected chi connectivity index (χ4v) is 2.33. The first-order valence-corrected chi connectivity index (χ1v) is 7.49. The number of nitrogens with zero attached hydrogens (tertiary/aromatic N) is 1. The number of guanidine groups is 1. The molecule has 0 amide bonds. The predicted octanol–water partition coefficient (Wildman–Crippen LogP) is 3.62. The van der Waals surface area contributed by atoms with Crippen molar-refractivity contribution >= 4 is 11.6 Å². The molecule has 0 spiro atoms. The number of nitrogens with two attached hydrogens (primary N) is 1. The minimum Gasteiger partial charge on any atom is -0.495 e. The van der Waals surface area contributed by atoms with Crippen molar-refractivity contribution in [1.82, 2.24) is 0 Å². The van der Waals surface area contributed by atoms with Gasteiger partial charge >= 0.3 is 0 Å². The summed E-state index contributed by atoms with van der Waals surface area (Å²) in [6, 6.07) is 18.0. The lowest BCUT2D eigenvalue weighted by Crippen LogP contribution is -2.24. The molecule has 4 nitrogen and oxygen atoms in total. The van der Waals surface area contributed by atoms with Crippen molar-refractivity contribution in [2.75, 3.05) is 19.0 Å². The van der Waals surface area contributed by atoms with Crippen LogP contribution in [0.25, 0.3) is 0 Å². The number of hydrogen-bond donors (Lipinski definition) is 2. The smallest absolute Gasteiger partial charge is 0.193 e. The Morgan fingerprint density at radius 2 is 1.82 bits per heavy atom. The van der Waals surface area contributed by atoms with E-state index in [1.54, 1.807) is 7.11 Å². The van der Waals surface area contributed by atoms with Gasteiger partial charge in [-0.15, -0.1) is 0 Å². The van der Waals surface area contributed by atoms with Crippen LogP contribution >= 0.6 is 0 Å². The third-order valence-electron chi connectivity index (χ3n) is 3.62. The molecule has 0 saturated carbocycles. The molecule has 2 aromatic carbocycles. The summed E-state index contributed by atoms with van der Waals surface area (Å²) in [7, 11) is 1.64. The topological polar surface area (TPSA) is 59.6 Å². The molecular weight excluding hydrogens is 274 g/mol. The number of rotatable bonds is 6. The SMILES string of the molecule is CCC(CN=C(N)Nc1ccccc1OC)c1ccccc1. The van der Waals surface area contributed by atoms with Gasteiger partial charge in [0, 0.05) is 12.5 Å². The fraction of sp³-hybridized carbons (Fsp3) is 0.278. The van der Waals surface area contributed by atoms with Crippen molar-refractivity contribution < 1.29 is 4.74 Å². The quantitative estimate of drug-likeness (QED) is 0.632. The van der Waals surface area contributed by atoms with Gasteiger partial charge in [0.15, 0.2) is 5.96 Å². The zero-order valence-corrected chi connectivity index (χ0v) is 13.1. The van der Waals surface area contributed by atoms with E-state index in [1.165, 1.54) is 5.56 Å². The molecule has 4 heteroatoms. The van der Waals surface area contributed by atoms with Gasteiger partial charge in [-0.25, -0.2) is 0 Å². The number of anilines is 1. The Morgan fingerprint density at radius 1 is 1.14 bits per heavy atom. The normalized spacial score (nSPS) is 12.7.